The molecule has 0 aromatic carbocycles. The molecule has 3 heterocycles. The van der Waals surface area contributed by atoms with Crippen molar-refractivity contribution in [1.82, 2.24) is 25.2 Å². The van der Waals surface area contributed by atoms with Crippen molar-refractivity contribution < 1.29 is 4.79 Å². The van der Waals surface area contributed by atoms with Crippen molar-refractivity contribution in [3.63, 3.8) is 0 Å². The topological polar surface area (TPSA) is 91.0 Å². The van der Waals surface area contributed by atoms with Gasteiger partial charge in [-0.15, -0.1) is 0 Å². The summed E-state index contributed by atoms with van der Waals surface area (Å²) in [5, 5.41) is 3.17. The van der Waals surface area contributed by atoms with Gasteiger partial charge < -0.3 is 10.3 Å². The molecule has 7 heteroatoms. The maximum atomic E-state index is 12.8. The molecule has 1 saturated carbocycles. The second-order valence-corrected chi connectivity index (χ2v) is 9.01. The molecule has 1 aliphatic carbocycles. The second-order valence-electron chi connectivity index (χ2n) is 9.01. The quantitative estimate of drug-likeness (QED) is 0.745. The molecule has 2 aromatic heterocycles. The van der Waals surface area contributed by atoms with Gasteiger partial charge >= 0.3 is 0 Å². The molecule has 2 aromatic rings. The summed E-state index contributed by atoms with van der Waals surface area (Å²) >= 11 is 0. The number of aryl methyl sites for hydroxylation is 1. The first-order chi connectivity index (χ1) is 15.1. The number of carbonyl (C=O) groups excluding carboxylic acids is 1. The van der Waals surface area contributed by atoms with Crippen molar-refractivity contribution in [3.8, 4) is 11.4 Å². The molecule has 2 fully saturated rings. The Kier molecular flexibility index (Phi) is 6.80. The molecule has 0 spiro atoms. The summed E-state index contributed by atoms with van der Waals surface area (Å²) in [5.41, 5.74) is 1.59. The molecule has 166 valence electrons. The Labute approximate surface area is 183 Å². The monoisotopic (exact) mass is 423 g/mol. The zero-order valence-electron chi connectivity index (χ0n) is 18.5. The van der Waals surface area contributed by atoms with E-state index < -0.39 is 0 Å². The molecule has 0 bridgehead atoms. The van der Waals surface area contributed by atoms with Crippen LogP contribution in [-0.2, 0) is 11.2 Å². The molecule has 2 aliphatic rings. The fraction of sp³-hybridized carbons (Fsp3) is 0.583. The lowest BCUT2D eigenvalue weighted by Gasteiger charge is -2.48. The van der Waals surface area contributed by atoms with Crippen molar-refractivity contribution in [2.75, 3.05) is 19.6 Å². The first-order valence-corrected chi connectivity index (χ1v) is 11.6. The van der Waals surface area contributed by atoms with E-state index in [1.54, 1.807) is 25.4 Å². The van der Waals surface area contributed by atoms with Gasteiger partial charge in [0.15, 0.2) is 0 Å². The Hall–Kier alpha value is -2.54. The Bertz CT molecular complexity index is 944. The molecule has 0 atom stereocenters. The minimum absolute atomic E-state index is 0.0531. The highest BCUT2D eigenvalue weighted by Gasteiger charge is 2.38. The lowest BCUT2D eigenvalue weighted by Crippen LogP contribution is -2.58. The van der Waals surface area contributed by atoms with Gasteiger partial charge in [-0.2, -0.15) is 0 Å². The van der Waals surface area contributed by atoms with Crippen molar-refractivity contribution >= 4 is 5.91 Å². The number of nitrogens with one attached hydrogen (secondary N) is 2. The maximum Gasteiger partial charge on any atom is 0.255 e. The predicted molar refractivity (Wildman–Crippen MR) is 121 cm³/mol. The summed E-state index contributed by atoms with van der Waals surface area (Å²) in [7, 11) is 0. The lowest BCUT2D eigenvalue weighted by atomic mass is 9.79. The number of amides is 1. The largest absolute Gasteiger partial charge is 0.354 e. The van der Waals surface area contributed by atoms with E-state index >= 15 is 0 Å². The number of nitrogens with zero attached hydrogens (tertiary/aromatic N) is 3. The highest BCUT2D eigenvalue weighted by atomic mass is 16.2. The van der Waals surface area contributed by atoms with E-state index in [-0.39, 0.29) is 23.4 Å². The standard InChI is InChI=1S/C24H33N5O2/c1-18-20(23(31)28-22(27-18)19-9-8-12-25-16-19)15-21(30)26-17-24(10-4-2-5-11-24)29-13-6-3-7-14-29/h8-9,12,16H,2-7,10-11,13-15,17H2,1H3,(H,26,30)(H,27,28,31). The van der Waals surface area contributed by atoms with Crippen LogP contribution in [-0.4, -0.2) is 50.9 Å². The number of aromatic amines is 1. The molecule has 31 heavy (non-hydrogen) atoms. The smallest absolute Gasteiger partial charge is 0.255 e. The van der Waals surface area contributed by atoms with Crippen LogP contribution in [0.1, 0.15) is 62.6 Å². The second kappa shape index (κ2) is 9.73. The highest BCUT2D eigenvalue weighted by molar-refractivity contribution is 5.78. The van der Waals surface area contributed by atoms with Crippen LogP contribution in [0.3, 0.4) is 0 Å². The van der Waals surface area contributed by atoms with Crippen molar-refractivity contribution in [2.45, 2.75) is 70.3 Å². The Morgan fingerprint density at radius 2 is 1.90 bits per heavy atom. The minimum atomic E-state index is -0.259. The van der Waals surface area contributed by atoms with Crippen LogP contribution in [0.15, 0.2) is 29.3 Å². The van der Waals surface area contributed by atoms with E-state index in [1.165, 1.54) is 38.5 Å². The Morgan fingerprint density at radius 1 is 1.16 bits per heavy atom. The molecule has 1 aliphatic heterocycles. The van der Waals surface area contributed by atoms with Gasteiger partial charge in [0.05, 0.1) is 6.42 Å². The molecule has 1 amide bonds. The molecule has 2 N–H and O–H groups in total. The number of H-pyrrole nitrogens is 1. The normalized spacial score (nSPS) is 19.1. The summed E-state index contributed by atoms with van der Waals surface area (Å²) in [6.07, 6.45) is 13.2. The van der Waals surface area contributed by atoms with Gasteiger partial charge in [-0.25, -0.2) is 4.98 Å². The average Bonchev–Trinajstić information content (AvgIpc) is 2.82. The number of likely N-dealkylation sites (tertiary alicyclic amines) is 1. The number of pyridine rings is 1. The Balaban J connectivity index is 1.44. The molecular weight excluding hydrogens is 390 g/mol. The molecule has 7 nitrogen and oxygen atoms in total. The third-order valence-corrected chi connectivity index (χ3v) is 6.92. The van der Waals surface area contributed by atoms with Gasteiger partial charge in [-0.3, -0.25) is 19.5 Å². The minimum Gasteiger partial charge on any atom is -0.354 e. The van der Waals surface area contributed by atoms with Gasteiger partial charge in [0, 0.05) is 41.3 Å². The van der Waals surface area contributed by atoms with E-state index in [9.17, 15) is 9.59 Å². The highest BCUT2D eigenvalue weighted by Crippen LogP contribution is 2.35. The van der Waals surface area contributed by atoms with Crippen molar-refractivity contribution in [3.05, 3.63) is 46.1 Å². The molecule has 1 saturated heterocycles. The first-order valence-electron chi connectivity index (χ1n) is 11.6. The van der Waals surface area contributed by atoms with Crippen molar-refractivity contribution in [2.24, 2.45) is 0 Å². The fourth-order valence-electron chi connectivity index (χ4n) is 5.13. The Morgan fingerprint density at radius 3 is 2.58 bits per heavy atom. The van der Waals surface area contributed by atoms with Gasteiger partial charge in [0.25, 0.3) is 5.56 Å². The number of hydrogen-bond acceptors (Lipinski definition) is 5. The summed E-state index contributed by atoms with van der Waals surface area (Å²) in [5.74, 6) is 0.373. The van der Waals surface area contributed by atoms with E-state index in [4.69, 9.17) is 0 Å². The average molecular weight is 424 g/mol. The molecule has 0 unspecified atom stereocenters. The predicted octanol–water partition coefficient (Wildman–Crippen LogP) is 2.99. The number of hydrogen-bond donors (Lipinski definition) is 2. The number of aromatic nitrogens is 3. The summed E-state index contributed by atoms with van der Waals surface area (Å²) in [4.78, 5) is 39.5. The molecular formula is C24H33N5O2. The van der Waals surface area contributed by atoms with Crippen LogP contribution >= 0.6 is 0 Å². The van der Waals surface area contributed by atoms with Crippen LogP contribution < -0.4 is 10.9 Å². The lowest BCUT2D eigenvalue weighted by molar-refractivity contribution is -0.121. The zero-order valence-corrected chi connectivity index (χ0v) is 18.5. The van der Waals surface area contributed by atoms with Crippen molar-refractivity contribution in [1.29, 1.82) is 0 Å². The van der Waals surface area contributed by atoms with Crippen LogP contribution in [0.25, 0.3) is 11.4 Å². The summed E-state index contributed by atoms with van der Waals surface area (Å²) in [6.45, 7) is 4.72. The van der Waals surface area contributed by atoms with Crippen LogP contribution in [0, 0.1) is 6.92 Å². The van der Waals surface area contributed by atoms with Crippen LogP contribution in [0.4, 0.5) is 0 Å². The van der Waals surface area contributed by atoms with E-state index in [2.05, 4.69) is 25.2 Å². The summed E-state index contributed by atoms with van der Waals surface area (Å²) < 4.78 is 0. The van der Waals surface area contributed by atoms with E-state index in [0.29, 0.717) is 23.6 Å². The fourth-order valence-corrected chi connectivity index (χ4v) is 5.13. The van der Waals surface area contributed by atoms with E-state index in [1.807, 2.05) is 6.07 Å². The maximum absolute atomic E-state index is 12.8. The third-order valence-electron chi connectivity index (χ3n) is 6.92. The number of rotatable bonds is 6. The molecule has 0 radical (unpaired) electrons. The van der Waals surface area contributed by atoms with Gasteiger partial charge in [0.1, 0.15) is 5.82 Å². The van der Waals surface area contributed by atoms with E-state index in [0.717, 1.165) is 31.5 Å². The number of carbonyl (C=O) groups is 1. The zero-order chi connectivity index (χ0) is 21.7. The number of piperidine rings is 1. The van der Waals surface area contributed by atoms with Gasteiger partial charge in [-0.1, -0.05) is 25.7 Å². The summed E-state index contributed by atoms with van der Waals surface area (Å²) in [6, 6.07) is 3.65. The van der Waals surface area contributed by atoms with Crippen LogP contribution in [0.2, 0.25) is 0 Å². The van der Waals surface area contributed by atoms with Gasteiger partial charge in [-0.05, 0) is 57.8 Å². The van der Waals surface area contributed by atoms with Crippen LogP contribution in [0.5, 0.6) is 0 Å². The van der Waals surface area contributed by atoms with Gasteiger partial charge in [0.2, 0.25) is 5.91 Å². The third kappa shape index (κ3) is 5.03. The first kappa shape index (κ1) is 21.7. The SMILES string of the molecule is Cc1nc(-c2cccnc2)[nH]c(=O)c1CC(=O)NCC1(N2CCCCC2)CCCCC1. The molecule has 4 rings (SSSR count).